The number of fused-ring (bicyclic) bond motifs is 1. The summed E-state index contributed by atoms with van der Waals surface area (Å²) in [4.78, 5) is 16.8. The van der Waals surface area contributed by atoms with E-state index >= 15 is 0 Å². The molecule has 1 aromatic carbocycles. The number of aromatic nitrogens is 1. The summed E-state index contributed by atoms with van der Waals surface area (Å²) in [6.45, 7) is 3.87. The Morgan fingerprint density at radius 3 is 2.80 bits per heavy atom. The first-order valence-electron chi connectivity index (χ1n) is 6.45. The molecule has 0 saturated carbocycles. The average Bonchev–Trinajstić information content (AvgIpc) is 2.36. The highest BCUT2D eigenvalue weighted by atomic mass is 16.5. The fraction of sp³-hybridized carbons (Fsp3) is 0.333. The summed E-state index contributed by atoms with van der Waals surface area (Å²) in [5.41, 5.74) is 1.64. The predicted molar refractivity (Wildman–Crippen MR) is 78.4 cm³/mol. The fourth-order valence-electron chi connectivity index (χ4n) is 2.08. The largest absolute Gasteiger partial charge is 0.491 e. The molecule has 0 fully saturated rings. The second kappa shape index (κ2) is 5.77. The van der Waals surface area contributed by atoms with E-state index in [0.717, 1.165) is 22.3 Å². The van der Waals surface area contributed by atoms with E-state index in [-0.39, 0.29) is 12.6 Å². The average molecular weight is 274 g/mol. The number of carboxylic acid groups (broad SMARTS) is 1. The SMILES string of the molecule is CC(C)Oc1ccc2nccc(N(C)CC(=O)O)c2c1. The van der Waals surface area contributed by atoms with Gasteiger partial charge in [-0.05, 0) is 38.1 Å². The molecule has 0 radical (unpaired) electrons. The minimum atomic E-state index is -0.868. The van der Waals surface area contributed by atoms with Gasteiger partial charge in [0.15, 0.2) is 0 Å². The lowest BCUT2D eigenvalue weighted by Crippen LogP contribution is -2.25. The number of carboxylic acids is 1. The second-order valence-corrected chi connectivity index (χ2v) is 4.93. The number of aliphatic carboxylic acids is 1. The third-order valence-corrected chi connectivity index (χ3v) is 2.85. The summed E-state index contributed by atoms with van der Waals surface area (Å²) in [6, 6.07) is 7.46. The Hall–Kier alpha value is -2.30. The maximum Gasteiger partial charge on any atom is 0.323 e. The van der Waals surface area contributed by atoms with Crippen molar-refractivity contribution >= 4 is 22.6 Å². The van der Waals surface area contributed by atoms with Gasteiger partial charge in [0.05, 0.1) is 11.6 Å². The minimum absolute atomic E-state index is 0.0611. The monoisotopic (exact) mass is 274 g/mol. The second-order valence-electron chi connectivity index (χ2n) is 4.93. The van der Waals surface area contributed by atoms with E-state index < -0.39 is 5.97 Å². The maximum atomic E-state index is 10.8. The van der Waals surface area contributed by atoms with Crippen LogP contribution in [-0.2, 0) is 4.79 Å². The summed E-state index contributed by atoms with van der Waals surface area (Å²) < 4.78 is 5.68. The molecule has 2 aromatic rings. The third-order valence-electron chi connectivity index (χ3n) is 2.85. The van der Waals surface area contributed by atoms with Crippen molar-refractivity contribution in [3.05, 3.63) is 30.5 Å². The summed E-state index contributed by atoms with van der Waals surface area (Å²) in [7, 11) is 1.75. The topological polar surface area (TPSA) is 62.7 Å². The number of benzene rings is 1. The Balaban J connectivity index is 2.45. The van der Waals surface area contributed by atoms with Crippen LogP contribution in [-0.4, -0.2) is 35.8 Å². The van der Waals surface area contributed by atoms with Gasteiger partial charge in [-0.2, -0.15) is 0 Å². The molecule has 0 saturated heterocycles. The molecule has 2 rings (SSSR count). The van der Waals surface area contributed by atoms with Crippen molar-refractivity contribution in [3.63, 3.8) is 0 Å². The Morgan fingerprint density at radius 1 is 1.40 bits per heavy atom. The van der Waals surface area contributed by atoms with Gasteiger partial charge in [0.25, 0.3) is 0 Å². The lowest BCUT2D eigenvalue weighted by atomic mass is 10.1. The molecular weight excluding hydrogens is 256 g/mol. The number of nitrogens with zero attached hydrogens (tertiary/aromatic N) is 2. The molecule has 20 heavy (non-hydrogen) atoms. The summed E-state index contributed by atoms with van der Waals surface area (Å²) >= 11 is 0. The Kier molecular flexibility index (Phi) is 4.08. The van der Waals surface area contributed by atoms with Crippen LogP contribution in [0.25, 0.3) is 10.9 Å². The van der Waals surface area contributed by atoms with Gasteiger partial charge < -0.3 is 14.7 Å². The molecule has 1 aromatic heterocycles. The van der Waals surface area contributed by atoms with Crippen LogP contribution in [0.15, 0.2) is 30.5 Å². The Morgan fingerprint density at radius 2 is 2.15 bits per heavy atom. The highest BCUT2D eigenvalue weighted by Gasteiger charge is 2.11. The highest BCUT2D eigenvalue weighted by Crippen LogP contribution is 2.28. The van der Waals surface area contributed by atoms with Gasteiger partial charge in [-0.25, -0.2) is 0 Å². The van der Waals surface area contributed by atoms with E-state index in [1.807, 2.05) is 38.1 Å². The van der Waals surface area contributed by atoms with Crippen molar-refractivity contribution < 1.29 is 14.6 Å². The van der Waals surface area contributed by atoms with Gasteiger partial charge in [-0.1, -0.05) is 0 Å². The first-order chi connectivity index (χ1) is 9.47. The number of ether oxygens (including phenoxy) is 1. The van der Waals surface area contributed by atoms with Crippen molar-refractivity contribution in [3.8, 4) is 5.75 Å². The van der Waals surface area contributed by atoms with Crippen LogP contribution in [0.2, 0.25) is 0 Å². The van der Waals surface area contributed by atoms with E-state index in [9.17, 15) is 4.79 Å². The van der Waals surface area contributed by atoms with Gasteiger partial charge >= 0.3 is 5.97 Å². The van der Waals surface area contributed by atoms with E-state index in [4.69, 9.17) is 9.84 Å². The standard InChI is InChI=1S/C15H18N2O3/c1-10(2)20-11-4-5-13-12(8-11)14(6-7-16-13)17(3)9-15(18)19/h4-8,10H,9H2,1-3H3,(H,18,19). The van der Waals surface area contributed by atoms with Crippen molar-refractivity contribution in [2.24, 2.45) is 0 Å². The molecule has 0 bridgehead atoms. The number of rotatable bonds is 5. The van der Waals surface area contributed by atoms with Crippen LogP contribution in [0.3, 0.4) is 0 Å². The van der Waals surface area contributed by atoms with Crippen molar-refractivity contribution in [1.29, 1.82) is 0 Å². The van der Waals surface area contributed by atoms with Crippen LogP contribution in [0.4, 0.5) is 5.69 Å². The van der Waals surface area contributed by atoms with Crippen LogP contribution >= 0.6 is 0 Å². The van der Waals surface area contributed by atoms with Gasteiger partial charge in [-0.3, -0.25) is 9.78 Å². The van der Waals surface area contributed by atoms with E-state index in [0.29, 0.717) is 0 Å². The zero-order valence-electron chi connectivity index (χ0n) is 11.8. The first-order valence-corrected chi connectivity index (χ1v) is 6.45. The molecule has 1 heterocycles. The van der Waals surface area contributed by atoms with Crippen LogP contribution < -0.4 is 9.64 Å². The Labute approximate surface area is 117 Å². The predicted octanol–water partition coefficient (Wildman–Crippen LogP) is 2.54. The molecular formula is C15H18N2O3. The van der Waals surface area contributed by atoms with E-state index in [1.165, 1.54) is 0 Å². The summed E-state index contributed by atoms with van der Waals surface area (Å²) in [5.74, 6) is -0.113. The molecule has 0 atom stereocenters. The smallest absolute Gasteiger partial charge is 0.323 e. The van der Waals surface area contributed by atoms with Gasteiger partial charge in [-0.15, -0.1) is 0 Å². The third kappa shape index (κ3) is 3.17. The fourth-order valence-corrected chi connectivity index (χ4v) is 2.08. The van der Waals surface area contributed by atoms with Crippen LogP contribution in [0.5, 0.6) is 5.75 Å². The molecule has 0 unspecified atom stereocenters. The van der Waals surface area contributed by atoms with Crippen molar-refractivity contribution in [1.82, 2.24) is 4.98 Å². The molecule has 5 nitrogen and oxygen atoms in total. The van der Waals surface area contributed by atoms with Crippen molar-refractivity contribution in [2.75, 3.05) is 18.5 Å². The lowest BCUT2D eigenvalue weighted by molar-refractivity contribution is -0.135. The number of likely N-dealkylation sites (N-methyl/N-ethyl adjacent to an activating group) is 1. The molecule has 5 heteroatoms. The summed E-state index contributed by atoms with van der Waals surface area (Å²) in [5, 5.41) is 9.79. The molecule has 0 amide bonds. The van der Waals surface area contributed by atoms with Gasteiger partial charge in [0, 0.05) is 24.3 Å². The van der Waals surface area contributed by atoms with E-state index in [1.54, 1.807) is 18.1 Å². The Bertz CT molecular complexity index is 626. The summed E-state index contributed by atoms with van der Waals surface area (Å²) in [6.07, 6.45) is 1.77. The molecule has 0 aliphatic rings. The number of anilines is 1. The number of hydrogen-bond donors (Lipinski definition) is 1. The molecule has 1 N–H and O–H groups in total. The molecule has 0 aliphatic carbocycles. The zero-order valence-corrected chi connectivity index (χ0v) is 11.8. The molecule has 0 aliphatic heterocycles. The number of hydrogen-bond acceptors (Lipinski definition) is 4. The highest BCUT2D eigenvalue weighted by molar-refractivity contribution is 5.93. The maximum absolute atomic E-state index is 10.8. The number of carbonyl (C=O) groups is 1. The van der Waals surface area contributed by atoms with Crippen LogP contribution in [0, 0.1) is 0 Å². The minimum Gasteiger partial charge on any atom is -0.491 e. The van der Waals surface area contributed by atoms with Crippen LogP contribution in [0.1, 0.15) is 13.8 Å². The van der Waals surface area contributed by atoms with Gasteiger partial charge in [0.1, 0.15) is 12.3 Å². The van der Waals surface area contributed by atoms with Crippen molar-refractivity contribution in [2.45, 2.75) is 20.0 Å². The normalized spacial score (nSPS) is 10.8. The molecule has 0 spiro atoms. The number of pyridine rings is 1. The molecule has 106 valence electrons. The quantitative estimate of drug-likeness (QED) is 0.907. The lowest BCUT2D eigenvalue weighted by Gasteiger charge is -2.19. The van der Waals surface area contributed by atoms with Gasteiger partial charge in [0.2, 0.25) is 0 Å². The zero-order chi connectivity index (χ0) is 14.7. The van der Waals surface area contributed by atoms with E-state index in [2.05, 4.69) is 4.98 Å². The first kappa shape index (κ1) is 14.1.